The SMILES string of the molecule is CN1CC(Nc2ccc(-c3ccccc3Cl)nn2)CC1=O. The van der Waals surface area contributed by atoms with Crippen molar-refractivity contribution in [2.45, 2.75) is 12.5 Å². The van der Waals surface area contributed by atoms with Crippen molar-refractivity contribution in [3.05, 3.63) is 41.4 Å². The van der Waals surface area contributed by atoms with E-state index in [0.717, 1.165) is 11.3 Å². The number of likely N-dealkylation sites (tertiary alicyclic amines) is 1. The van der Waals surface area contributed by atoms with Crippen LogP contribution in [0.3, 0.4) is 0 Å². The van der Waals surface area contributed by atoms with Crippen LogP contribution in [-0.2, 0) is 4.79 Å². The zero-order valence-corrected chi connectivity index (χ0v) is 12.3. The van der Waals surface area contributed by atoms with Crippen molar-refractivity contribution >= 4 is 23.3 Å². The van der Waals surface area contributed by atoms with Crippen LogP contribution in [0.15, 0.2) is 36.4 Å². The number of amides is 1. The third-order valence-corrected chi connectivity index (χ3v) is 3.84. The minimum absolute atomic E-state index is 0.0861. The maximum Gasteiger partial charge on any atom is 0.224 e. The molecule has 1 aromatic heterocycles. The summed E-state index contributed by atoms with van der Waals surface area (Å²) in [5.74, 6) is 0.812. The molecular formula is C15H15ClN4O. The van der Waals surface area contributed by atoms with Crippen molar-refractivity contribution in [3.63, 3.8) is 0 Å². The van der Waals surface area contributed by atoms with Crippen molar-refractivity contribution in [3.8, 4) is 11.3 Å². The molecule has 108 valence electrons. The summed E-state index contributed by atoms with van der Waals surface area (Å²) in [7, 11) is 1.80. The molecule has 1 aromatic carbocycles. The fourth-order valence-corrected chi connectivity index (χ4v) is 2.62. The van der Waals surface area contributed by atoms with Gasteiger partial charge in [0.2, 0.25) is 5.91 Å². The minimum atomic E-state index is 0.0861. The number of benzene rings is 1. The zero-order chi connectivity index (χ0) is 14.8. The van der Waals surface area contributed by atoms with Crippen LogP contribution in [-0.4, -0.2) is 40.6 Å². The number of aromatic nitrogens is 2. The molecule has 0 spiro atoms. The molecule has 1 aliphatic rings. The predicted octanol–water partition coefficient (Wildman–Crippen LogP) is 2.44. The maximum atomic E-state index is 11.5. The van der Waals surface area contributed by atoms with Crippen LogP contribution < -0.4 is 5.32 Å². The summed E-state index contributed by atoms with van der Waals surface area (Å²) >= 11 is 6.14. The molecule has 1 N–H and O–H groups in total. The number of nitrogens with one attached hydrogen (secondary N) is 1. The zero-order valence-electron chi connectivity index (χ0n) is 11.6. The molecule has 5 nitrogen and oxygen atoms in total. The van der Waals surface area contributed by atoms with Crippen LogP contribution in [0.4, 0.5) is 5.82 Å². The Kier molecular flexibility index (Phi) is 3.75. The van der Waals surface area contributed by atoms with Gasteiger partial charge >= 0.3 is 0 Å². The normalized spacial score (nSPS) is 18.1. The molecule has 1 amide bonds. The van der Waals surface area contributed by atoms with E-state index in [1.54, 1.807) is 11.9 Å². The molecule has 0 aliphatic carbocycles. The van der Waals surface area contributed by atoms with Gasteiger partial charge in [-0.25, -0.2) is 0 Å². The van der Waals surface area contributed by atoms with Gasteiger partial charge in [0.05, 0.1) is 16.8 Å². The Balaban J connectivity index is 1.73. The molecule has 6 heteroatoms. The molecule has 0 saturated carbocycles. The van der Waals surface area contributed by atoms with Crippen molar-refractivity contribution in [2.24, 2.45) is 0 Å². The first-order valence-electron chi connectivity index (χ1n) is 6.72. The van der Waals surface area contributed by atoms with Gasteiger partial charge in [0.1, 0.15) is 5.82 Å². The van der Waals surface area contributed by atoms with Crippen LogP contribution >= 0.6 is 11.6 Å². The number of hydrogen-bond acceptors (Lipinski definition) is 4. The lowest BCUT2D eigenvalue weighted by Gasteiger charge is -2.12. The lowest BCUT2D eigenvalue weighted by Crippen LogP contribution is -2.24. The van der Waals surface area contributed by atoms with Crippen molar-refractivity contribution in [1.82, 2.24) is 15.1 Å². The Labute approximate surface area is 127 Å². The van der Waals surface area contributed by atoms with E-state index in [4.69, 9.17) is 11.6 Å². The van der Waals surface area contributed by atoms with Crippen molar-refractivity contribution in [2.75, 3.05) is 18.9 Å². The lowest BCUT2D eigenvalue weighted by molar-refractivity contribution is -0.126. The van der Waals surface area contributed by atoms with Gasteiger partial charge < -0.3 is 10.2 Å². The van der Waals surface area contributed by atoms with Gasteiger partial charge in [-0.2, -0.15) is 0 Å². The van der Waals surface area contributed by atoms with Gasteiger partial charge in [0.15, 0.2) is 0 Å². The predicted molar refractivity (Wildman–Crippen MR) is 82.1 cm³/mol. The lowest BCUT2D eigenvalue weighted by atomic mass is 10.1. The van der Waals surface area contributed by atoms with E-state index < -0.39 is 0 Å². The Morgan fingerprint density at radius 3 is 2.67 bits per heavy atom. The fraction of sp³-hybridized carbons (Fsp3) is 0.267. The van der Waals surface area contributed by atoms with Gasteiger partial charge in [0.25, 0.3) is 0 Å². The van der Waals surface area contributed by atoms with E-state index in [1.807, 2.05) is 36.4 Å². The topological polar surface area (TPSA) is 58.1 Å². The second kappa shape index (κ2) is 5.69. The Morgan fingerprint density at radius 1 is 1.24 bits per heavy atom. The van der Waals surface area contributed by atoms with Gasteiger partial charge in [0, 0.05) is 25.6 Å². The molecule has 2 aromatic rings. The Morgan fingerprint density at radius 2 is 2.05 bits per heavy atom. The van der Waals surface area contributed by atoms with Gasteiger partial charge in [-0.05, 0) is 18.2 Å². The number of likely N-dealkylation sites (N-methyl/N-ethyl adjacent to an activating group) is 1. The first-order chi connectivity index (χ1) is 10.1. The van der Waals surface area contributed by atoms with E-state index in [-0.39, 0.29) is 11.9 Å². The van der Waals surface area contributed by atoms with Crippen LogP contribution in [0.2, 0.25) is 5.02 Å². The number of halogens is 1. The average Bonchev–Trinajstić information content (AvgIpc) is 2.79. The molecule has 2 heterocycles. The molecule has 21 heavy (non-hydrogen) atoms. The third kappa shape index (κ3) is 2.97. The fourth-order valence-electron chi connectivity index (χ4n) is 2.39. The quantitative estimate of drug-likeness (QED) is 0.946. The molecule has 1 unspecified atom stereocenters. The van der Waals surface area contributed by atoms with Crippen molar-refractivity contribution in [1.29, 1.82) is 0 Å². The highest BCUT2D eigenvalue weighted by Crippen LogP contribution is 2.25. The first-order valence-corrected chi connectivity index (χ1v) is 7.10. The van der Waals surface area contributed by atoms with E-state index in [9.17, 15) is 4.79 Å². The number of nitrogens with zero attached hydrogens (tertiary/aromatic N) is 3. The summed E-state index contributed by atoms with van der Waals surface area (Å²) in [6.07, 6.45) is 0.491. The highest BCUT2D eigenvalue weighted by molar-refractivity contribution is 6.33. The summed E-state index contributed by atoms with van der Waals surface area (Å²) in [6.45, 7) is 0.687. The van der Waals surface area contributed by atoms with Crippen LogP contribution in [0.25, 0.3) is 11.3 Å². The Bertz CT molecular complexity index is 659. The molecule has 3 rings (SSSR count). The third-order valence-electron chi connectivity index (χ3n) is 3.51. The molecule has 1 saturated heterocycles. The highest BCUT2D eigenvalue weighted by atomic mass is 35.5. The summed E-state index contributed by atoms with van der Waals surface area (Å²) < 4.78 is 0. The summed E-state index contributed by atoms with van der Waals surface area (Å²) in [4.78, 5) is 13.2. The standard InChI is InChI=1S/C15H15ClN4O/c1-20-9-10(8-15(20)21)17-14-7-6-13(18-19-14)11-4-2-3-5-12(11)16/h2-7,10H,8-9H2,1H3,(H,17,19). The van der Waals surface area contributed by atoms with Crippen LogP contribution in [0, 0.1) is 0 Å². The Hall–Kier alpha value is -2.14. The van der Waals surface area contributed by atoms with E-state index in [0.29, 0.717) is 23.8 Å². The second-order valence-corrected chi connectivity index (χ2v) is 5.51. The maximum absolute atomic E-state index is 11.5. The van der Waals surface area contributed by atoms with Gasteiger partial charge in [-0.1, -0.05) is 29.8 Å². The minimum Gasteiger partial charge on any atom is -0.364 e. The molecule has 1 atom stereocenters. The summed E-state index contributed by atoms with van der Waals surface area (Å²) in [5.41, 5.74) is 1.58. The first kappa shape index (κ1) is 13.8. The largest absolute Gasteiger partial charge is 0.364 e. The van der Waals surface area contributed by atoms with E-state index in [2.05, 4.69) is 15.5 Å². The molecule has 1 aliphatic heterocycles. The van der Waals surface area contributed by atoms with Crippen LogP contribution in [0.1, 0.15) is 6.42 Å². The average molecular weight is 303 g/mol. The molecule has 1 fully saturated rings. The van der Waals surface area contributed by atoms with E-state index >= 15 is 0 Å². The summed E-state index contributed by atoms with van der Waals surface area (Å²) in [6, 6.07) is 11.3. The monoisotopic (exact) mass is 302 g/mol. The molecule has 0 bridgehead atoms. The molecular weight excluding hydrogens is 288 g/mol. The smallest absolute Gasteiger partial charge is 0.224 e. The van der Waals surface area contributed by atoms with Crippen molar-refractivity contribution < 1.29 is 4.79 Å². The molecule has 0 radical (unpaired) electrons. The van der Waals surface area contributed by atoms with Gasteiger partial charge in [-0.3, -0.25) is 4.79 Å². The number of carbonyl (C=O) groups excluding carboxylic acids is 1. The number of anilines is 1. The van der Waals surface area contributed by atoms with E-state index in [1.165, 1.54) is 0 Å². The number of hydrogen-bond donors (Lipinski definition) is 1. The van der Waals surface area contributed by atoms with Crippen LogP contribution in [0.5, 0.6) is 0 Å². The second-order valence-electron chi connectivity index (χ2n) is 5.10. The summed E-state index contributed by atoms with van der Waals surface area (Å²) in [5, 5.41) is 12.2. The number of rotatable bonds is 3. The van der Waals surface area contributed by atoms with Gasteiger partial charge in [-0.15, -0.1) is 10.2 Å². The number of carbonyl (C=O) groups is 1. The highest BCUT2D eigenvalue weighted by Gasteiger charge is 2.26.